The van der Waals surface area contributed by atoms with Crippen molar-refractivity contribution in [3.63, 3.8) is 0 Å². The molecule has 0 bridgehead atoms. The van der Waals surface area contributed by atoms with Crippen LogP contribution >= 0.6 is 15.9 Å². The molecule has 0 saturated heterocycles. The Morgan fingerprint density at radius 1 is 0.794 bits per heavy atom. The Labute approximate surface area is 209 Å². The molecule has 0 fully saturated rings. The summed E-state index contributed by atoms with van der Waals surface area (Å²) in [5.41, 5.74) is 3.60. The minimum atomic E-state index is -0.691. The maximum Gasteiger partial charge on any atom is 0.307 e. The molecule has 4 aromatic carbocycles. The standard InChI is InChI=1S/C30H28BrNO2/c1-2-34-29(33)22-28(23-13-12-20-27(31)21-23)32-30(24-14-6-3-7-15-24,25-16-8-4-9-17-25)26-18-10-5-11-19-26/h3-21,28,32H,2,22H2,1H3. The van der Waals surface area contributed by atoms with E-state index in [1.54, 1.807) is 0 Å². The zero-order valence-corrected chi connectivity index (χ0v) is 20.7. The number of hydrogen-bond acceptors (Lipinski definition) is 3. The Bertz CT molecular complexity index is 1100. The van der Waals surface area contributed by atoms with E-state index in [0.29, 0.717) is 6.61 Å². The van der Waals surface area contributed by atoms with Gasteiger partial charge in [-0.3, -0.25) is 10.1 Å². The summed E-state index contributed by atoms with van der Waals surface area (Å²) >= 11 is 3.60. The highest BCUT2D eigenvalue weighted by molar-refractivity contribution is 9.10. The van der Waals surface area contributed by atoms with E-state index in [1.165, 1.54) is 0 Å². The number of halogens is 1. The summed E-state index contributed by atoms with van der Waals surface area (Å²) in [5.74, 6) is -0.233. The van der Waals surface area contributed by atoms with Gasteiger partial charge in [-0.05, 0) is 41.3 Å². The van der Waals surface area contributed by atoms with Gasteiger partial charge in [0.15, 0.2) is 0 Å². The fourth-order valence-corrected chi connectivity index (χ4v) is 4.85. The van der Waals surface area contributed by atoms with Crippen molar-refractivity contribution < 1.29 is 9.53 Å². The summed E-state index contributed by atoms with van der Waals surface area (Å²) in [6, 6.07) is 39.0. The molecular formula is C30H28BrNO2. The fourth-order valence-electron chi connectivity index (χ4n) is 4.44. The molecule has 4 rings (SSSR count). The number of hydrogen-bond donors (Lipinski definition) is 1. The zero-order chi connectivity index (χ0) is 23.8. The lowest BCUT2D eigenvalue weighted by Crippen LogP contribution is -2.47. The maximum absolute atomic E-state index is 12.7. The molecule has 0 aliphatic rings. The Morgan fingerprint density at radius 2 is 1.29 bits per heavy atom. The van der Waals surface area contributed by atoms with Gasteiger partial charge in [-0.15, -0.1) is 0 Å². The third-order valence-electron chi connectivity index (χ3n) is 5.94. The lowest BCUT2D eigenvalue weighted by Gasteiger charge is -2.40. The van der Waals surface area contributed by atoms with Gasteiger partial charge in [0.25, 0.3) is 0 Å². The predicted molar refractivity (Wildman–Crippen MR) is 140 cm³/mol. The van der Waals surface area contributed by atoms with E-state index < -0.39 is 5.54 Å². The van der Waals surface area contributed by atoms with Gasteiger partial charge in [0, 0.05) is 10.5 Å². The molecule has 0 amide bonds. The van der Waals surface area contributed by atoms with Crippen molar-refractivity contribution in [1.29, 1.82) is 0 Å². The van der Waals surface area contributed by atoms with Crippen LogP contribution in [0.4, 0.5) is 0 Å². The van der Waals surface area contributed by atoms with Crippen molar-refractivity contribution in [2.75, 3.05) is 6.61 Å². The van der Waals surface area contributed by atoms with E-state index in [4.69, 9.17) is 4.74 Å². The first-order chi connectivity index (χ1) is 16.6. The summed E-state index contributed by atoms with van der Waals surface area (Å²) < 4.78 is 6.33. The SMILES string of the molecule is CCOC(=O)CC(NC(c1ccccc1)(c1ccccc1)c1ccccc1)c1cccc(Br)c1. The van der Waals surface area contributed by atoms with Gasteiger partial charge in [-0.2, -0.15) is 0 Å². The van der Waals surface area contributed by atoms with Crippen molar-refractivity contribution in [2.24, 2.45) is 0 Å². The van der Waals surface area contributed by atoms with Crippen molar-refractivity contribution in [3.05, 3.63) is 142 Å². The van der Waals surface area contributed by atoms with Crippen LogP contribution in [0.2, 0.25) is 0 Å². The third-order valence-corrected chi connectivity index (χ3v) is 6.43. The normalized spacial score (nSPS) is 12.2. The number of nitrogens with one attached hydrogen (secondary N) is 1. The van der Waals surface area contributed by atoms with Crippen LogP contribution in [0.25, 0.3) is 0 Å². The van der Waals surface area contributed by atoms with E-state index in [-0.39, 0.29) is 18.4 Å². The molecule has 0 aromatic heterocycles. The predicted octanol–water partition coefficient (Wildman–Crippen LogP) is 7.03. The van der Waals surface area contributed by atoms with E-state index >= 15 is 0 Å². The van der Waals surface area contributed by atoms with Crippen LogP contribution < -0.4 is 5.32 Å². The smallest absolute Gasteiger partial charge is 0.307 e. The summed E-state index contributed by atoms with van der Waals surface area (Å²) in [7, 11) is 0. The van der Waals surface area contributed by atoms with Crippen LogP contribution in [0.3, 0.4) is 0 Å². The quantitative estimate of drug-likeness (QED) is 0.193. The van der Waals surface area contributed by atoms with Gasteiger partial charge in [0.2, 0.25) is 0 Å². The second kappa shape index (κ2) is 11.3. The van der Waals surface area contributed by atoms with Crippen molar-refractivity contribution in [3.8, 4) is 0 Å². The number of ether oxygens (including phenoxy) is 1. The maximum atomic E-state index is 12.7. The lowest BCUT2D eigenvalue weighted by atomic mass is 9.76. The van der Waals surface area contributed by atoms with Crippen LogP contribution in [-0.2, 0) is 15.1 Å². The molecule has 0 heterocycles. The number of carbonyl (C=O) groups is 1. The monoisotopic (exact) mass is 513 g/mol. The first kappa shape index (κ1) is 23.9. The topological polar surface area (TPSA) is 38.3 Å². The molecule has 0 spiro atoms. The molecule has 0 radical (unpaired) electrons. The first-order valence-corrected chi connectivity index (χ1v) is 12.3. The summed E-state index contributed by atoms with van der Waals surface area (Å²) in [6.45, 7) is 2.19. The molecule has 1 atom stereocenters. The largest absolute Gasteiger partial charge is 0.466 e. The Hall–Kier alpha value is -3.21. The van der Waals surface area contributed by atoms with Crippen LogP contribution in [-0.4, -0.2) is 12.6 Å². The number of rotatable bonds is 9. The Morgan fingerprint density at radius 3 is 1.74 bits per heavy atom. The number of esters is 1. The minimum absolute atomic E-state index is 0.207. The van der Waals surface area contributed by atoms with Crippen LogP contribution in [0.1, 0.15) is 41.6 Å². The van der Waals surface area contributed by atoms with Gasteiger partial charge in [0.05, 0.1) is 18.6 Å². The number of benzene rings is 4. The minimum Gasteiger partial charge on any atom is -0.466 e. The molecule has 0 aliphatic heterocycles. The third kappa shape index (κ3) is 5.30. The van der Waals surface area contributed by atoms with Gasteiger partial charge < -0.3 is 4.74 Å². The van der Waals surface area contributed by atoms with Gasteiger partial charge in [-0.25, -0.2) is 0 Å². The highest BCUT2D eigenvalue weighted by Crippen LogP contribution is 2.40. The Kier molecular flexibility index (Phi) is 7.94. The molecule has 1 unspecified atom stereocenters. The summed E-state index contributed by atoms with van der Waals surface area (Å²) in [5, 5.41) is 3.93. The molecule has 172 valence electrons. The first-order valence-electron chi connectivity index (χ1n) is 11.5. The lowest BCUT2D eigenvalue weighted by molar-refractivity contribution is -0.143. The molecule has 0 saturated carbocycles. The molecule has 0 aliphatic carbocycles. The average molecular weight is 514 g/mol. The van der Waals surface area contributed by atoms with Crippen LogP contribution in [0, 0.1) is 0 Å². The highest BCUT2D eigenvalue weighted by Gasteiger charge is 2.39. The van der Waals surface area contributed by atoms with Crippen LogP contribution in [0.5, 0.6) is 0 Å². The molecule has 4 aromatic rings. The summed E-state index contributed by atoms with van der Waals surface area (Å²) in [6.07, 6.45) is 0.207. The van der Waals surface area contributed by atoms with Gasteiger partial charge in [-0.1, -0.05) is 119 Å². The van der Waals surface area contributed by atoms with E-state index in [0.717, 1.165) is 26.7 Å². The highest BCUT2D eigenvalue weighted by atomic mass is 79.9. The van der Waals surface area contributed by atoms with Crippen LogP contribution in [0.15, 0.2) is 120 Å². The summed E-state index contributed by atoms with van der Waals surface area (Å²) in [4.78, 5) is 12.7. The second-order valence-electron chi connectivity index (χ2n) is 8.11. The molecule has 3 nitrogen and oxygen atoms in total. The number of carbonyl (C=O) groups excluding carboxylic acids is 1. The van der Waals surface area contributed by atoms with Crippen molar-refractivity contribution in [2.45, 2.75) is 24.9 Å². The molecule has 4 heteroatoms. The van der Waals surface area contributed by atoms with E-state index in [9.17, 15) is 4.79 Å². The average Bonchev–Trinajstić information content (AvgIpc) is 2.88. The Balaban J connectivity index is 1.93. The fraction of sp³-hybridized carbons (Fsp3) is 0.167. The zero-order valence-electron chi connectivity index (χ0n) is 19.2. The van der Waals surface area contributed by atoms with Crippen molar-refractivity contribution >= 4 is 21.9 Å². The van der Waals surface area contributed by atoms with Crippen molar-refractivity contribution in [1.82, 2.24) is 5.32 Å². The van der Waals surface area contributed by atoms with E-state index in [2.05, 4.69) is 100 Å². The molecule has 1 N–H and O–H groups in total. The van der Waals surface area contributed by atoms with E-state index in [1.807, 2.05) is 43.3 Å². The van der Waals surface area contributed by atoms with Gasteiger partial charge in [0.1, 0.15) is 0 Å². The second-order valence-corrected chi connectivity index (χ2v) is 9.02. The molecular weight excluding hydrogens is 486 g/mol. The van der Waals surface area contributed by atoms with Gasteiger partial charge >= 0.3 is 5.97 Å². The molecule has 34 heavy (non-hydrogen) atoms.